The molecule has 0 aliphatic rings. The molecule has 10 rings (SSSR count). The number of pyridine rings is 3. The van der Waals surface area contributed by atoms with E-state index >= 15 is 0 Å². The largest absolute Gasteiger partial charge is 0.256 e. The summed E-state index contributed by atoms with van der Waals surface area (Å²) in [5.74, 6) is 0.781. The molecule has 10 aromatic rings. The lowest BCUT2D eigenvalue weighted by Crippen LogP contribution is -2.04. The van der Waals surface area contributed by atoms with Crippen LogP contribution in [0.4, 0.5) is 0 Å². The predicted octanol–water partition coefficient (Wildman–Crippen LogP) is 13.0. The monoisotopic (exact) mass is 812 g/mol. The van der Waals surface area contributed by atoms with E-state index in [-0.39, 0.29) is 0 Å². The van der Waals surface area contributed by atoms with Crippen LogP contribution in [-0.4, -0.2) is 29.7 Å². The molecule has 0 atom stereocenters. The maximum atomic E-state index is 4.96. The lowest BCUT2D eigenvalue weighted by atomic mass is 9.94. The first kappa shape index (κ1) is 39.1. The zero-order chi connectivity index (χ0) is 42.2. The lowest BCUT2D eigenvalue weighted by Gasteiger charge is -2.16. The maximum absolute atomic E-state index is 4.96. The Kier molecular flexibility index (Phi) is 11.3. The van der Waals surface area contributed by atoms with Gasteiger partial charge in [-0.3, -0.25) is 15.0 Å². The van der Waals surface area contributed by atoms with Crippen molar-refractivity contribution in [3.8, 4) is 73.1 Å². The van der Waals surface area contributed by atoms with E-state index < -0.39 is 0 Å². The number of aromatic nitrogens is 6. The second-order valence-electron chi connectivity index (χ2n) is 15.7. The SMILES string of the molecule is c1ccc(-c2ccc(-c3cc(-c4ccccn4)ccc3-c3ncnn3-c3cc(CCc4ccc(-c5ccccn5)cc4)cc(CCc4ccc(-c5ccccn5)cc4)c3)cc2)cc1. The highest BCUT2D eigenvalue weighted by Gasteiger charge is 2.18. The van der Waals surface area contributed by atoms with E-state index in [2.05, 4.69) is 162 Å². The summed E-state index contributed by atoms with van der Waals surface area (Å²) in [6.07, 6.45) is 10.8. The van der Waals surface area contributed by atoms with Crippen molar-refractivity contribution in [1.29, 1.82) is 0 Å². The Bertz CT molecular complexity index is 2950. The van der Waals surface area contributed by atoms with Crippen molar-refractivity contribution >= 4 is 0 Å². The van der Waals surface area contributed by atoms with E-state index in [0.29, 0.717) is 0 Å². The Morgan fingerprint density at radius 3 is 1.32 bits per heavy atom. The number of hydrogen-bond donors (Lipinski definition) is 0. The van der Waals surface area contributed by atoms with Crippen LogP contribution in [0.15, 0.2) is 219 Å². The molecule has 0 aliphatic carbocycles. The minimum Gasteiger partial charge on any atom is -0.256 e. The third-order valence-electron chi connectivity index (χ3n) is 11.6. The molecule has 63 heavy (non-hydrogen) atoms. The van der Waals surface area contributed by atoms with Gasteiger partial charge in [0.2, 0.25) is 0 Å². The van der Waals surface area contributed by atoms with E-state index in [1.165, 1.54) is 33.4 Å². The molecule has 0 fully saturated rings. The first-order chi connectivity index (χ1) is 31.2. The van der Waals surface area contributed by atoms with E-state index in [9.17, 15) is 0 Å². The summed E-state index contributed by atoms with van der Waals surface area (Å²) in [7, 11) is 0. The minimum atomic E-state index is 0.781. The number of benzene rings is 6. The molecule has 6 nitrogen and oxygen atoms in total. The van der Waals surface area contributed by atoms with E-state index in [0.717, 1.165) is 87.7 Å². The maximum Gasteiger partial charge on any atom is 0.163 e. The second kappa shape index (κ2) is 18.3. The molecule has 4 aromatic heterocycles. The summed E-state index contributed by atoms with van der Waals surface area (Å²) in [5, 5.41) is 4.91. The average molecular weight is 813 g/mol. The number of hydrogen-bond acceptors (Lipinski definition) is 5. The molecule has 0 amide bonds. The first-order valence-electron chi connectivity index (χ1n) is 21.5. The van der Waals surface area contributed by atoms with Gasteiger partial charge >= 0.3 is 0 Å². The highest BCUT2D eigenvalue weighted by Crippen LogP contribution is 2.37. The second-order valence-corrected chi connectivity index (χ2v) is 15.7. The van der Waals surface area contributed by atoms with Crippen molar-refractivity contribution in [3.05, 3.63) is 241 Å². The molecule has 6 aromatic carbocycles. The molecule has 0 bridgehead atoms. The fraction of sp³-hybridized carbons (Fsp3) is 0.0702. The van der Waals surface area contributed by atoms with Gasteiger partial charge in [0.1, 0.15) is 6.33 Å². The first-order valence-corrected chi connectivity index (χ1v) is 21.5. The summed E-state index contributed by atoms with van der Waals surface area (Å²) in [4.78, 5) is 18.7. The molecule has 4 heterocycles. The van der Waals surface area contributed by atoms with Gasteiger partial charge in [-0.15, -0.1) is 0 Å². The predicted molar refractivity (Wildman–Crippen MR) is 255 cm³/mol. The van der Waals surface area contributed by atoms with Crippen LogP contribution in [0, 0.1) is 0 Å². The third kappa shape index (κ3) is 9.02. The van der Waals surface area contributed by atoms with Gasteiger partial charge < -0.3 is 0 Å². The van der Waals surface area contributed by atoms with Gasteiger partial charge in [0.05, 0.1) is 22.8 Å². The van der Waals surface area contributed by atoms with Crippen molar-refractivity contribution in [2.75, 3.05) is 0 Å². The van der Waals surface area contributed by atoms with Gasteiger partial charge in [-0.05, 0) is 131 Å². The third-order valence-corrected chi connectivity index (χ3v) is 11.6. The van der Waals surface area contributed by atoms with Crippen molar-refractivity contribution < 1.29 is 0 Å². The molecule has 0 spiro atoms. The molecular formula is C57H44N6. The zero-order valence-electron chi connectivity index (χ0n) is 34.8. The highest BCUT2D eigenvalue weighted by atomic mass is 15.3. The van der Waals surface area contributed by atoms with Gasteiger partial charge in [0.15, 0.2) is 5.82 Å². The molecule has 0 unspecified atom stereocenters. The number of aryl methyl sites for hydroxylation is 4. The van der Waals surface area contributed by atoms with Gasteiger partial charge in [-0.1, -0.05) is 133 Å². The Morgan fingerprint density at radius 2 is 0.778 bits per heavy atom. The van der Waals surface area contributed by atoms with Crippen LogP contribution in [0.3, 0.4) is 0 Å². The van der Waals surface area contributed by atoms with Crippen LogP contribution in [0.1, 0.15) is 22.3 Å². The van der Waals surface area contributed by atoms with Crippen molar-refractivity contribution in [2.24, 2.45) is 0 Å². The van der Waals surface area contributed by atoms with Gasteiger partial charge in [-0.2, -0.15) is 5.10 Å². The minimum absolute atomic E-state index is 0.781. The molecule has 302 valence electrons. The molecule has 0 N–H and O–H groups in total. The molecule has 0 saturated heterocycles. The molecule has 0 radical (unpaired) electrons. The average Bonchev–Trinajstić information content (AvgIpc) is 3.87. The van der Waals surface area contributed by atoms with Crippen LogP contribution in [0.25, 0.3) is 73.1 Å². The van der Waals surface area contributed by atoms with Crippen LogP contribution in [0.2, 0.25) is 0 Å². The van der Waals surface area contributed by atoms with Crippen molar-refractivity contribution in [3.63, 3.8) is 0 Å². The van der Waals surface area contributed by atoms with Crippen molar-refractivity contribution in [2.45, 2.75) is 25.7 Å². The summed E-state index contributed by atoms with van der Waals surface area (Å²) in [5.41, 5.74) is 17.7. The smallest absolute Gasteiger partial charge is 0.163 e. The summed E-state index contributed by atoms with van der Waals surface area (Å²) in [6, 6.07) is 68.4. The van der Waals surface area contributed by atoms with Gasteiger partial charge in [0.25, 0.3) is 0 Å². The lowest BCUT2D eigenvalue weighted by molar-refractivity contribution is 0.867. The Balaban J connectivity index is 0.995. The topological polar surface area (TPSA) is 69.4 Å². The molecule has 6 heteroatoms. The van der Waals surface area contributed by atoms with E-state index in [1.807, 2.05) is 65.7 Å². The quantitative estimate of drug-likeness (QED) is 0.116. The van der Waals surface area contributed by atoms with Crippen LogP contribution < -0.4 is 0 Å². The Labute approximate surface area is 368 Å². The van der Waals surface area contributed by atoms with Crippen LogP contribution in [-0.2, 0) is 25.7 Å². The van der Waals surface area contributed by atoms with Gasteiger partial charge in [-0.25, -0.2) is 9.67 Å². The zero-order valence-corrected chi connectivity index (χ0v) is 34.8. The normalized spacial score (nSPS) is 11.1. The van der Waals surface area contributed by atoms with E-state index in [1.54, 1.807) is 6.33 Å². The van der Waals surface area contributed by atoms with Crippen LogP contribution >= 0.6 is 0 Å². The Hall–Kier alpha value is -8.09. The highest BCUT2D eigenvalue weighted by molar-refractivity contribution is 5.86. The standard InChI is InChI=1S/C57H44N6/c1-2-10-45(11-3-1)46-27-29-47(30-28-46)53-39-50(56-14-6-9-35-60-56)31-32-52(53)57-61-40-62-63(57)51-37-43(17-15-41-19-23-48(24-20-41)54-12-4-7-33-58-54)36-44(38-51)18-16-42-21-25-49(26-22-42)55-13-5-8-34-59-55/h1-14,19-40H,15-18H2. The fourth-order valence-corrected chi connectivity index (χ4v) is 8.24. The summed E-state index contributed by atoms with van der Waals surface area (Å²) >= 11 is 0. The number of rotatable bonds is 13. The summed E-state index contributed by atoms with van der Waals surface area (Å²) in [6.45, 7) is 0. The fourth-order valence-electron chi connectivity index (χ4n) is 8.24. The summed E-state index contributed by atoms with van der Waals surface area (Å²) < 4.78 is 2.01. The molecular weight excluding hydrogens is 769 g/mol. The van der Waals surface area contributed by atoms with Crippen LogP contribution in [0.5, 0.6) is 0 Å². The Morgan fingerprint density at radius 1 is 0.317 bits per heavy atom. The molecule has 0 aliphatic heterocycles. The molecule has 0 saturated carbocycles. The van der Waals surface area contributed by atoms with Gasteiger partial charge in [0, 0.05) is 40.8 Å². The number of nitrogens with zero attached hydrogens (tertiary/aromatic N) is 6. The van der Waals surface area contributed by atoms with E-state index in [4.69, 9.17) is 15.1 Å². The van der Waals surface area contributed by atoms with Crippen molar-refractivity contribution in [1.82, 2.24) is 29.7 Å².